The third-order valence-electron chi connectivity index (χ3n) is 3.12. The molecule has 0 radical (unpaired) electrons. The monoisotopic (exact) mass is 406 g/mol. The highest BCUT2D eigenvalue weighted by atomic mass is 79.9. The van der Waals surface area contributed by atoms with Crippen molar-refractivity contribution in [1.29, 1.82) is 0 Å². The second kappa shape index (κ2) is 7.38. The maximum atomic E-state index is 11.6. The summed E-state index contributed by atoms with van der Waals surface area (Å²) in [7, 11) is -2.99. The number of hydrogen-bond acceptors (Lipinski definition) is 5. The van der Waals surface area contributed by atoms with Gasteiger partial charge in [0.1, 0.15) is 0 Å². The first-order valence-electron chi connectivity index (χ1n) is 6.57. The molecule has 2 N–H and O–H groups in total. The van der Waals surface area contributed by atoms with E-state index in [4.69, 9.17) is 0 Å². The number of thiophene rings is 1. The second-order valence-corrected chi connectivity index (χ2v) is 9.71. The van der Waals surface area contributed by atoms with E-state index < -0.39 is 15.7 Å². The molecule has 1 fully saturated rings. The largest absolute Gasteiger partial charge is 0.273 e. The maximum absolute atomic E-state index is 11.6. The number of sulfone groups is 1. The van der Waals surface area contributed by atoms with Crippen LogP contribution in [0.5, 0.6) is 0 Å². The molecule has 6 nitrogen and oxygen atoms in total. The highest BCUT2D eigenvalue weighted by Gasteiger charge is 2.29. The van der Waals surface area contributed by atoms with Crippen molar-refractivity contribution in [3.8, 4) is 0 Å². The molecule has 0 saturated carbocycles. The maximum Gasteiger partial charge on any atom is 0.262 e. The van der Waals surface area contributed by atoms with E-state index in [2.05, 4.69) is 26.8 Å². The molecule has 2 amide bonds. The fraction of sp³-hybridized carbons (Fsp3) is 0.385. The first kappa shape index (κ1) is 17.2. The first-order valence-corrected chi connectivity index (χ1v) is 10.00. The first-order chi connectivity index (χ1) is 10.3. The van der Waals surface area contributed by atoms with Crippen LogP contribution >= 0.6 is 27.3 Å². The van der Waals surface area contributed by atoms with Crippen molar-refractivity contribution in [2.75, 3.05) is 11.5 Å². The third kappa shape index (κ3) is 5.54. The number of hydrazine groups is 1. The van der Waals surface area contributed by atoms with Crippen LogP contribution in [-0.2, 0) is 19.4 Å². The molecule has 1 aliphatic heterocycles. The Morgan fingerprint density at radius 1 is 1.36 bits per heavy atom. The Hall–Kier alpha value is -1.19. The fourth-order valence-electron chi connectivity index (χ4n) is 2.09. The van der Waals surface area contributed by atoms with Crippen LogP contribution in [0.1, 0.15) is 17.7 Å². The Morgan fingerprint density at radius 2 is 2.14 bits per heavy atom. The lowest BCUT2D eigenvalue weighted by atomic mass is 10.1. The molecule has 0 unspecified atom stereocenters. The zero-order chi connectivity index (χ0) is 16.2. The lowest BCUT2D eigenvalue weighted by molar-refractivity contribution is -0.127. The van der Waals surface area contributed by atoms with E-state index in [0.29, 0.717) is 6.42 Å². The molecule has 0 bridgehead atoms. The van der Waals surface area contributed by atoms with Crippen LogP contribution in [-0.4, -0.2) is 31.7 Å². The Balaban J connectivity index is 1.72. The summed E-state index contributed by atoms with van der Waals surface area (Å²) in [6.07, 6.45) is 3.55. The van der Waals surface area contributed by atoms with Gasteiger partial charge in [0.15, 0.2) is 9.84 Å². The van der Waals surface area contributed by atoms with Crippen LogP contribution in [0.3, 0.4) is 0 Å². The average Bonchev–Trinajstić information content (AvgIpc) is 3.00. The van der Waals surface area contributed by atoms with Crippen LogP contribution in [0.15, 0.2) is 22.0 Å². The number of carbonyl (C=O) groups is 2. The summed E-state index contributed by atoms with van der Waals surface area (Å²) in [6, 6.07) is 3.73. The van der Waals surface area contributed by atoms with E-state index >= 15 is 0 Å². The van der Waals surface area contributed by atoms with E-state index in [0.717, 1.165) is 8.66 Å². The van der Waals surface area contributed by atoms with Crippen LogP contribution in [0.2, 0.25) is 0 Å². The molecule has 1 atom stereocenters. The Morgan fingerprint density at radius 3 is 2.73 bits per heavy atom. The van der Waals surface area contributed by atoms with Gasteiger partial charge < -0.3 is 0 Å². The highest BCUT2D eigenvalue weighted by molar-refractivity contribution is 9.11. The summed E-state index contributed by atoms with van der Waals surface area (Å²) in [6.45, 7) is 0. The van der Waals surface area contributed by atoms with Crippen LogP contribution in [0.4, 0.5) is 0 Å². The minimum absolute atomic E-state index is 0.0432. The van der Waals surface area contributed by atoms with E-state index in [9.17, 15) is 18.0 Å². The predicted molar refractivity (Wildman–Crippen MR) is 88.7 cm³/mol. The smallest absolute Gasteiger partial charge is 0.262 e. The molecule has 120 valence electrons. The number of rotatable bonds is 4. The predicted octanol–water partition coefficient (Wildman–Crippen LogP) is 1.50. The van der Waals surface area contributed by atoms with Gasteiger partial charge in [-0.05, 0) is 46.5 Å². The molecule has 22 heavy (non-hydrogen) atoms. The van der Waals surface area contributed by atoms with E-state index in [1.54, 1.807) is 6.08 Å². The topological polar surface area (TPSA) is 92.3 Å². The molecule has 1 aliphatic rings. The molecular weight excluding hydrogens is 392 g/mol. The molecule has 1 aromatic heterocycles. The zero-order valence-electron chi connectivity index (χ0n) is 11.5. The number of nitrogens with one attached hydrogen (secondary N) is 2. The molecule has 1 aromatic rings. The lowest BCUT2D eigenvalue weighted by Gasteiger charge is -2.08. The molecular formula is C13H15BrN2O4S2. The molecule has 2 rings (SSSR count). The minimum Gasteiger partial charge on any atom is -0.273 e. The Bertz CT molecular complexity index is 697. The summed E-state index contributed by atoms with van der Waals surface area (Å²) >= 11 is 4.80. The van der Waals surface area contributed by atoms with E-state index in [-0.39, 0.29) is 29.8 Å². The van der Waals surface area contributed by atoms with Gasteiger partial charge in [-0.15, -0.1) is 11.3 Å². The lowest BCUT2D eigenvalue weighted by Crippen LogP contribution is -2.41. The standard InChI is InChI=1S/C13H15BrN2O4S2/c14-11-3-1-10(21-11)2-4-12(17)15-16-13(18)7-9-5-6-22(19,20)8-9/h1-4,9H,5-8H2,(H,15,17)(H,16,18)/b4-2+/t9-/m0/s1. The number of amides is 2. The van der Waals surface area contributed by atoms with Gasteiger partial charge in [-0.3, -0.25) is 20.4 Å². The van der Waals surface area contributed by atoms with Crippen molar-refractivity contribution < 1.29 is 18.0 Å². The van der Waals surface area contributed by atoms with E-state index in [1.807, 2.05) is 12.1 Å². The second-order valence-electron chi connectivity index (χ2n) is 4.99. The van der Waals surface area contributed by atoms with Crippen molar-refractivity contribution in [2.24, 2.45) is 5.92 Å². The van der Waals surface area contributed by atoms with Gasteiger partial charge >= 0.3 is 0 Å². The molecule has 1 saturated heterocycles. The fourth-order valence-corrected chi connectivity index (χ4v) is 5.28. The summed E-state index contributed by atoms with van der Waals surface area (Å²) in [5.41, 5.74) is 4.56. The number of hydrogen-bond donors (Lipinski definition) is 2. The highest BCUT2D eigenvalue weighted by Crippen LogP contribution is 2.23. The normalized spacial score (nSPS) is 20.1. The molecule has 9 heteroatoms. The van der Waals surface area contributed by atoms with Crippen LogP contribution in [0.25, 0.3) is 6.08 Å². The SMILES string of the molecule is O=C(/C=C/c1ccc(Br)s1)NNC(=O)C[C@@H]1CCS(=O)(=O)C1. The van der Waals surface area contributed by atoms with E-state index in [1.165, 1.54) is 17.4 Å². The van der Waals surface area contributed by atoms with Gasteiger partial charge in [0.05, 0.1) is 15.3 Å². The average molecular weight is 407 g/mol. The van der Waals surface area contributed by atoms with Crippen LogP contribution in [0, 0.1) is 5.92 Å². The van der Waals surface area contributed by atoms with Gasteiger partial charge in [0.2, 0.25) is 5.91 Å². The summed E-state index contributed by atoms with van der Waals surface area (Å²) < 4.78 is 23.6. The Labute approximate surface area is 141 Å². The number of halogens is 1. The van der Waals surface area contributed by atoms with Gasteiger partial charge in [-0.25, -0.2) is 8.42 Å². The van der Waals surface area contributed by atoms with Crippen molar-refractivity contribution in [3.05, 3.63) is 26.9 Å². The van der Waals surface area contributed by atoms with Gasteiger partial charge in [-0.1, -0.05) is 0 Å². The summed E-state index contributed by atoms with van der Waals surface area (Å²) in [5.74, 6) is -0.821. The molecule has 2 heterocycles. The third-order valence-corrected chi connectivity index (χ3v) is 6.54. The Kier molecular flexibility index (Phi) is 5.76. The molecule has 0 aromatic carbocycles. The van der Waals surface area contributed by atoms with Gasteiger partial charge in [0.25, 0.3) is 5.91 Å². The minimum atomic E-state index is -2.99. The van der Waals surface area contributed by atoms with Crippen molar-refractivity contribution in [2.45, 2.75) is 12.8 Å². The summed E-state index contributed by atoms with van der Waals surface area (Å²) in [5, 5.41) is 0. The summed E-state index contributed by atoms with van der Waals surface area (Å²) in [4.78, 5) is 24.1. The van der Waals surface area contributed by atoms with Crippen molar-refractivity contribution >= 4 is 55.0 Å². The molecule has 0 spiro atoms. The van der Waals surface area contributed by atoms with Gasteiger partial charge in [-0.2, -0.15) is 0 Å². The van der Waals surface area contributed by atoms with Gasteiger partial charge in [0, 0.05) is 17.4 Å². The number of carbonyl (C=O) groups excluding carboxylic acids is 2. The van der Waals surface area contributed by atoms with Crippen molar-refractivity contribution in [1.82, 2.24) is 10.9 Å². The zero-order valence-corrected chi connectivity index (χ0v) is 14.8. The quantitative estimate of drug-likeness (QED) is 0.585. The molecule has 0 aliphatic carbocycles. The van der Waals surface area contributed by atoms with Crippen LogP contribution < -0.4 is 10.9 Å². The van der Waals surface area contributed by atoms with Crippen molar-refractivity contribution in [3.63, 3.8) is 0 Å².